The van der Waals surface area contributed by atoms with E-state index < -0.39 is 0 Å². The maximum atomic E-state index is 13.5. The van der Waals surface area contributed by atoms with Gasteiger partial charge in [0.2, 0.25) is 0 Å². The highest BCUT2D eigenvalue weighted by Gasteiger charge is 2.13. The number of rotatable bonds is 4. The van der Waals surface area contributed by atoms with Gasteiger partial charge in [-0.05, 0) is 54.3 Å². The number of hydrogen-bond donors (Lipinski definition) is 2. The number of ether oxygens (including phenoxy) is 1. The van der Waals surface area contributed by atoms with Gasteiger partial charge in [0, 0.05) is 23.9 Å². The molecule has 128 valence electrons. The molecule has 25 heavy (non-hydrogen) atoms. The number of benzene rings is 2. The van der Waals surface area contributed by atoms with Crippen LogP contribution in [0.3, 0.4) is 0 Å². The van der Waals surface area contributed by atoms with Gasteiger partial charge in [0.05, 0.1) is 6.61 Å². The highest BCUT2D eigenvalue weighted by Crippen LogP contribution is 2.26. The molecule has 1 amide bonds. The van der Waals surface area contributed by atoms with Crippen molar-refractivity contribution in [3.05, 3.63) is 64.6 Å². The van der Waals surface area contributed by atoms with Crippen molar-refractivity contribution in [2.24, 2.45) is 0 Å². The van der Waals surface area contributed by atoms with Crippen LogP contribution < -0.4 is 10.1 Å². The van der Waals surface area contributed by atoms with Crippen LogP contribution in [0.15, 0.2) is 36.4 Å². The molecule has 0 saturated carbocycles. The average molecular weight is 338 g/mol. The number of hydrogen-bond acceptors (Lipinski definition) is 2. The van der Waals surface area contributed by atoms with Crippen molar-refractivity contribution in [3.63, 3.8) is 0 Å². The summed E-state index contributed by atoms with van der Waals surface area (Å²) in [6, 6.07) is 10.8. The molecule has 4 rings (SSSR count). The Balaban J connectivity index is 1.41. The zero-order chi connectivity index (χ0) is 17.4. The number of aryl methyl sites for hydroxylation is 1. The number of carbonyl (C=O) groups is 1. The smallest absolute Gasteiger partial charge is 0.267 e. The first-order valence-corrected chi connectivity index (χ1v) is 8.42. The molecule has 0 saturated heterocycles. The van der Waals surface area contributed by atoms with Gasteiger partial charge in [-0.2, -0.15) is 0 Å². The molecule has 1 aliphatic rings. The normalized spacial score (nSPS) is 12.9. The summed E-state index contributed by atoms with van der Waals surface area (Å²) in [4.78, 5) is 15.3. The second kappa shape index (κ2) is 6.24. The molecule has 2 N–H and O–H groups in total. The number of aromatic amines is 1. The van der Waals surface area contributed by atoms with Gasteiger partial charge in [-0.15, -0.1) is 0 Å². The Morgan fingerprint density at radius 3 is 3.04 bits per heavy atom. The topological polar surface area (TPSA) is 54.1 Å². The zero-order valence-electron chi connectivity index (χ0n) is 14.0. The van der Waals surface area contributed by atoms with Crippen molar-refractivity contribution in [1.29, 1.82) is 0 Å². The van der Waals surface area contributed by atoms with Crippen LogP contribution >= 0.6 is 0 Å². The van der Waals surface area contributed by atoms with E-state index in [2.05, 4.69) is 16.4 Å². The number of H-pyrrole nitrogens is 1. The van der Waals surface area contributed by atoms with Crippen LogP contribution in [0.4, 0.5) is 4.39 Å². The van der Waals surface area contributed by atoms with Crippen molar-refractivity contribution in [2.75, 3.05) is 13.2 Å². The molecule has 0 spiro atoms. The van der Waals surface area contributed by atoms with Gasteiger partial charge in [-0.1, -0.05) is 12.1 Å². The first kappa shape index (κ1) is 15.7. The van der Waals surface area contributed by atoms with Gasteiger partial charge >= 0.3 is 0 Å². The number of nitrogens with one attached hydrogen (secondary N) is 2. The highest BCUT2D eigenvalue weighted by atomic mass is 19.1. The molecular formula is C20H19FN2O2. The number of carbonyl (C=O) groups excluding carboxylic acids is 1. The lowest BCUT2D eigenvalue weighted by atomic mass is 10.1. The molecular weight excluding hydrogens is 319 g/mol. The minimum atomic E-state index is -0.306. The summed E-state index contributed by atoms with van der Waals surface area (Å²) in [5.41, 5.74) is 4.31. The van der Waals surface area contributed by atoms with Crippen molar-refractivity contribution >= 4 is 16.8 Å². The Hall–Kier alpha value is -2.82. The largest absolute Gasteiger partial charge is 0.493 e. The van der Waals surface area contributed by atoms with Crippen molar-refractivity contribution in [3.8, 4) is 5.75 Å². The molecule has 2 heterocycles. The van der Waals surface area contributed by atoms with E-state index in [0.29, 0.717) is 17.8 Å². The van der Waals surface area contributed by atoms with Crippen LogP contribution in [0.5, 0.6) is 5.75 Å². The average Bonchev–Trinajstić information content (AvgIpc) is 3.20. The maximum absolute atomic E-state index is 13.5. The lowest BCUT2D eigenvalue weighted by Gasteiger charge is -2.06. The summed E-state index contributed by atoms with van der Waals surface area (Å²) >= 11 is 0. The van der Waals surface area contributed by atoms with Crippen LogP contribution in [0.1, 0.15) is 27.2 Å². The molecule has 4 nitrogen and oxygen atoms in total. The lowest BCUT2D eigenvalue weighted by Crippen LogP contribution is -2.25. The number of fused-ring (bicyclic) bond motifs is 2. The monoisotopic (exact) mass is 338 g/mol. The second-order valence-corrected chi connectivity index (χ2v) is 6.41. The van der Waals surface area contributed by atoms with Crippen molar-refractivity contribution in [2.45, 2.75) is 19.8 Å². The molecule has 1 aliphatic heterocycles. The summed E-state index contributed by atoms with van der Waals surface area (Å²) in [5.74, 6) is 0.480. The van der Waals surface area contributed by atoms with E-state index in [1.54, 1.807) is 6.07 Å². The first-order chi connectivity index (χ1) is 12.1. The van der Waals surface area contributed by atoms with E-state index >= 15 is 0 Å². The predicted molar refractivity (Wildman–Crippen MR) is 94.7 cm³/mol. The Labute approximate surface area is 145 Å². The van der Waals surface area contributed by atoms with Crippen LogP contribution in [-0.2, 0) is 12.8 Å². The number of amides is 1. The van der Waals surface area contributed by atoms with Crippen molar-refractivity contribution < 1.29 is 13.9 Å². The lowest BCUT2D eigenvalue weighted by molar-refractivity contribution is 0.0950. The van der Waals surface area contributed by atoms with Gasteiger partial charge < -0.3 is 15.0 Å². The fourth-order valence-corrected chi connectivity index (χ4v) is 3.31. The summed E-state index contributed by atoms with van der Waals surface area (Å²) in [6.45, 7) is 3.12. The SMILES string of the molecule is Cc1cc(F)cc2[nH]c(C(=O)NCCc3ccc4c(c3)CCO4)cc12. The summed E-state index contributed by atoms with van der Waals surface area (Å²) in [6.07, 6.45) is 1.70. The van der Waals surface area contributed by atoms with Crippen molar-refractivity contribution in [1.82, 2.24) is 10.3 Å². The zero-order valence-corrected chi connectivity index (χ0v) is 14.0. The van der Waals surface area contributed by atoms with Gasteiger partial charge in [0.1, 0.15) is 17.3 Å². The van der Waals surface area contributed by atoms with Gasteiger partial charge in [0.15, 0.2) is 0 Å². The van der Waals surface area contributed by atoms with E-state index in [9.17, 15) is 9.18 Å². The molecule has 1 aromatic heterocycles. The molecule has 0 fully saturated rings. The van der Waals surface area contributed by atoms with E-state index in [-0.39, 0.29) is 11.7 Å². The summed E-state index contributed by atoms with van der Waals surface area (Å²) in [7, 11) is 0. The maximum Gasteiger partial charge on any atom is 0.267 e. The molecule has 0 radical (unpaired) electrons. The van der Waals surface area contributed by atoms with E-state index in [1.165, 1.54) is 23.3 Å². The molecule has 2 aromatic carbocycles. The molecule has 0 unspecified atom stereocenters. The number of halogens is 1. The van der Waals surface area contributed by atoms with Crippen LogP contribution in [0, 0.1) is 12.7 Å². The molecule has 5 heteroatoms. The van der Waals surface area contributed by atoms with E-state index in [0.717, 1.165) is 36.1 Å². The number of aromatic nitrogens is 1. The fourth-order valence-electron chi connectivity index (χ4n) is 3.31. The van der Waals surface area contributed by atoms with Gasteiger partial charge in [-0.3, -0.25) is 4.79 Å². The second-order valence-electron chi connectivity index (χ2n) is 6.41. The minimum Gasteiger partial charge on any atom is -0.493 e. The quantitative estimate of drug-likeness (QED) is 0.765. The third kappa shape index (κ3) is 3.09. The Kier molecular flexibility index (Phi) is 3.92. The molecule has 0 atom stereocenters. The molecule has 3 aromatic rings. The third-order valence-electron chi connectivity index (χ3n) is 4.61. The van der Waals surface area contributed by atoms with Gasteiger partial charge in [0.25, 0.3) is 5.91 Å². The van der Waals surface area contributed by atoms with Gasteiger partial charge in [-0.25, -0.2) is 4.39 Å². The molecule has 0 aliphatic carbocycles. The Morgan fingerprint density at radius 1 is 1.28 bits per heavy atom. The van der Waals surface area contributed by atoms with Crippen LogP contribution in [-0.4, -0.2) is 24.0 Å². The summed E-state index contributed by atoms with van der Waals surface area (Å²) in [5, 5.41) is 3.78. The van der Waals surface area contributed by atoms with Crippen LogP contribution in [0.25, 0.3) is 10.9 Å². The minimum absolute atomic E-state index is 0.180. The standard InChI is InChI=1S/C20H19FN2O2/c1-12-8-15(21)10-17-16(12)11-18(23-17)20(24)22-6-4-13-2-3-19-14(9-13)5-7-25-19/h2-3,8-11,23H,4-7H2,1H3,(H,22,24). The third-order valence-corrected chi connectivity index (χ3v) is 4.61. The summed E-state index contributed by atoms with van der Waals surface area (Å²) < 4.78 is 19.0. The molecule has 0 bridgehead atoms. The first-order valence-electron chi connectivity index (χ1n) is 8.42. The Morgan fingerprint density at radius 2 is 2.16 bits per heavy atom. The fraction of sp³-hybridized carbons (Fsp3) is 0.250. The highest BCUT2D eigenvalue weighted by molar-refractivity contribution is 5.98. The van der Waals surface area contributed by atoms with E-state index in [4.69, 9.17) is 4.74 Å². The Bertz CT molecular complexity index is 962. The van der Waals surface area contributed by atoms with Crippen LogP contribution in [0.2, 0.25) is 0 Å². The van der Waals surface area contributed by atoms with E-state index in [1.807, 2.05) is 19.1 Å². The predicted octanol–water partition coefficient (Wildman–Crippen LogP) is 3.52.